The molecule has 1 aromatic heterocycles. The number of nitrogens with one attached hydrogen (secondary N) is 2. The van der Waals surface area contributed by atoms with Crippen LogP contribution in [0.1, 0.15) is 43.2 Å². The van der Waals surface area contributed by atoms with Gasteiger partial charge in [-0.3, -0.25) is 24.8 Å². The number of nitrogens with zero attached hydrogens (tertiary/aromatic N) is 2. The highest BCUT2D eigenvalue weighted by atomic mass is 16.5. The summed E-state index contributed by atoms with van der Waals surface area (Å²) in [4.78, 5) is 41.5. The third-order valence-electron chi connectivity index (χ3n) is 6.37. The third-order valence-corrected chi connectivity index (χ3v) is 6.37. The van der Waals surface area contributed by atoms with Crippen LogP contribution in [0.3, 0.4) is 0 Å². The number of piperidine rings is 1. The minimum absolute atomic E-state index is 0.00366. The molecule has 1 aliphatic heterocycles. The van der Waals surface area contributed by atoms with Gasteiger partial charge in [0.05, 0.1) is 6.04 Å². The van der Waals surface area contributed by atoms with Gasteiger partial charge in [-0.05, 0) is 49.4 Å². The molecule has 2 heterocycles. The number of ether oxygens (including phenoxy) is 1. The van der Waals surface area contributed by atoms with Gasteiger partial charge in [0, 0.05) is 55.5 Å². The maximum atomic E-state index is 13.0. The minimum atomic E-state index is -0.981. The number of hydrogen-bond donors (Lipinski definition) is 5. The third kappa shape index (κ3) is 8.48. The average molecular weight is 512 g/mol. The van der Waals surface area contributed by atoms with E-state index in [1.165, 1.54) is 0 Å². The van der Waals surface area contributed by atoms with Crippen molar-refractivity contribution in [2.75, 3.05) is 24.6 Å². The van der Waals surface area contributed by atoms with Gasteiger partial charge in [-0.2, -0.15) is 0 Å². The lowest BCUT2D eigenvalue weighted by Gasteiger charge is -2.33. The van der Waals surface area contributed by atoms with Gasteiger partial charge in [0.1, 0.15) is 18.2 Å². The second-order valence-electron chi connectivity index (χ2n) is 9.05. The Bertz CT molecular complexity index is 1100. The van der Waals surface area contributed by atoms with Crippen molar-refractivity contribution >= 4 is 29.4 Å². The molecule has 0 radical (unpaired) electrons. The fraction of sp³-hybridized carbons (Fsp3) is 0.423. The van der Waals surface area contributed by atoms with Crippen LogP contribution in [0.2, 0.25) is 0 Å². The second-order valence-corrected chi connectivity index (χ2v) is 9.05. The van der Waals surface area contributed by atoms with Gasteiger partial charge in [0.2, 0.25) is 5.91 Å². The number of amides is 1. The summed E-state index contributed by atoms with van der Waals surface area (Å²) in [6.07, 6.45) is 4.95. The van der Waals surface area contributed by atoms with E-state index in [4.69, 9.17) is 21.0 Å². The molecular weight excluding hydrogens is 478 g/mol. The van der Waals surface area contributed by atoms with Crippen LogP contribution in [0.4, 0.5) is 5.69 Å². The van der Waals surface area contributed by atoms with Crippen molar-refractivity contribution in [3.8, 4) is 5.75 Å². The summed E-state index contributed by atoms with van der Waals surface area (Å²) >= 11 is 0. The van der Waals surface area contributed by atoms with Crippen LogP contribution in [0.15, 0.2) is 42.7 Å². The molecule has 1 amide bonds. The van der Waals surface area contributed by atoms with Crippen LogP contribution in [0, 0.1) is 11.3 Å². The minimum Gasteiger partial charge on any atom is -0.491 e. The first-order valence-electron chi connectivity index (χ1n) is 12.2. The summed E-state index contributed by atoms with van der Waals surface area (Å²) in [5, 5.41) is 28.9. The number of aryl methyl sites for hydroxylation is 1. The molecule has 1 aliphatic rings. The lowest BCUT2D eigenvalue weighted by molar-refractivity contribution is -0.138. The number of anilines is 1. The van der Waals surface area contributed by atoms with Gasteiger partial charge in [0.25, 0.3) is 0 Å². The van der Waals surface area contributed by atoms with E-state index in [1.54, 1.807) is 30.6 Å². The van der Waals surface area contributed by atoms with Crippen LogP contribution in [-0.2, 0) is 20.8 Å². The molecule has 1 atom stereocenters. The molecule has 0 spiro atoms. The molecule has 1 fully saturated rings. The molecule has 198 valence electrons. The molecule has 11 nitrogen and oxygen atoms in total. The molecular formula is C26H33N5O6. The molecule has 0 bridgehead atoms. The Morgan fingerprint density at radius 1 is 1.11 bits per heavy atom. The number of pyridine rings is 1. The van der Waals surface area contributed by atoms with Crippen LogP contribution >= 0.6 is 0 Å². The molecule has 0 unspecified atom stereocenters. The summed E-state index contributed by atoms with van der Waals surface area (Å²) < 4.78 is 5.95. The summed E-state index contributed by atoms with van der Waals surface area (Å²) in [6, 6.07) is 8.15. The van der Waals surface area contributed by atoms with Gasteiger partial charge in [-0.1, -0.05) is 12.1 Å². The Morgan fingerprint density at radius 3 is 2.41 bits per heavy atom. The molecule has 1 aromatic carbocycles. The van der Waals surface area contributed by atoms with Crippen molar-refractivity contribution < 1.29 is 29.3 Å². The van der Waals surface area contributed by atoms with Crippen molar-refractivity contribution in [3.63, 3.8) is 0 Å². The van der Waals surface area contributed by atoms with Gasteiger partial charge in [-0.25, -0.2) is 0 Å². The SMILES string of the molecule is N=C(N)c1ccc(CCC(=O)O)c(OC[C@H](CCC(=O)O)NC(=O)C2CCN(c3ccncc3)CC2)c1. The molecule has 11 heteroatoms. The number of benzene rings is 1. The first-order chi connectivity index (χ1) is 17.7. The smallest absolute Gasteiger partial charge is 0.303 e. The van der Waals surface area contributed by atoms with Crippen LogP contribution < -0.4 is 20.7 Å². The Morgan fingerprint density at radius 2 is 1.78 bits per heavy atom. The number of carbonyl (C=O) groups excluding carboxylic acids is 1. The molecule has 6 N–H and O–H groups in total. The Labute approximate surface area is 215 Å². The predicted molar refractivity (Wildman–Crippen MR) is 137 cm³/mol. The van der Waals surface area contributed by atoms with Crippen molar-refractivity contribution in [3.05, 3.63) is 53.9 Å². The maximum absolute atomic E-state index is 13.0. The van der Waals surface area contributed by atoms with Gasteiger partial charge >= 0.3 is 11.9 Å². The zero-order chi connectivity index (χ0) is 26.8. The Kier molecular flexibility index (Phi) is 9.82. The average Bonchev–Trinajstić information content (AvgIpc) is 2.89. The molecule has 1 saturated heterocycles. The summed E-state index contributed by atoms with van der Waals surface area (Å²) in [5.74, 6) is -2.08. The topological polar surface area (TPSA) is 179 Å². The molecule has 3 rings (SSSR count). The standard InChI is InChI=1S/C26H33N5O6/c27-25(28)19-2-1-17(3-5-23(32)33)22(15-19)37-16-20(4-6-24(34)35)30-26(36)18-9-13-31(14-10-18)21-7-11-29-12-8-21/h1-2,7-8,11-12,15,18,20H,3-6,9-10,13-14,16H2,(H3,27,28)(H,30,36)(H,32,33)(H,34,35)/t20-/m0/s1. The number of nitrogen functional groups attached to an aromatic ring is 1. The maximum Gasteiger partial charge on any atom is 0.303 e. The van der Waals surface area contributed by atoms with E-state index in [0.717, 1.165) is 18.8 Å². The van der Waals surface area contributed by atoms with E-state index in [1.807, 2.05) is 12.1 Å². The zero-order valence-electron chi connectivity index (χ0n) is 20.6. The summed E-state index contributed by atoms with van der Waals surface area (Å²) in [6.45, 7) is 1.45. The van der Waals surface area contributed by atoms with E-state index >= 15 is 0 Å². The van der Waals surface area contributed by atoms with Gasteiger partial charge < -0.3 is 30.9 Å². The van der Waals surface area contributed by atoms with Crippen LogP contribution in [0.25, 0.3) is 0 Å². The van der Waals surface area contributed by atoms with E-state index < -0.39 is 18.0 Å². The number of carbonyl (C=O) groups is 3. The monoisotopic (exact) mass is 511 g/mol. The van der Waals surface area contributed by atoms with E-state index in [2.05, 4.69) is 15.2 Å². The molecule has 0 saturated carbocycles. The number of aliphatic carboxylic acids is 2. The van der Waals surface area contributed by atoms with Crippen LogP contribution in [0.5, 0.6) is 5.75 Å². The number of nitrogens with two attached hydrogens (primary N) is 1. The zero-order valence-corrected chi connectivity index (χ0v) is 20.6. The molecule has 37 heavy (non-hydrogen) atoms. The van der Waals surface area contributed by atoms with Gasteiger partial charge in [-0.15, -0.1) is 0 Å². The van der Waals surface area contributed by atoms with Crippen molar-refractivity contribution in [2.24, 2.45) is 11.7 Å². The normalized spacial score (nSPS) is 14.5. The van der Waals surface area contributed by atoms with Crippen LogP contribution in [-0.4, -0.2) is 64.6 Å². The fourth-order valence-corrected chi connectivity index (χ4v) is 4.26. The highest BCUT2D eigenvalue weighted by Crippen LogP contribution is 2.25. The van der Waals surface area contributed by atoms with Crippen molar-refractivity contribution in [1.82, 2.24) is 10.3 Å². The quantitative estimate of drug-likeness (QED) is 0.199. The number of carboxylic acids is 2. The Balaban J connectivity index is 1.64. The Hall–Kier alpha value is -4.15. The molecule has 2 aromatic rings. The van der Waals surface area contributed by atoms with E-state index in [-0.39, 0.29) is 50.0 Å². The number of rotatable bonds is 13. The lowest BCUT2D eigenvalue weighted by Crippen LogP contribution is -2.46. The van der Waals surface area contributed by atoms with E-state index in [0.29, 0.717) is 29.7 Å². The fourth-order valence-electron chi connectivity index (χ4n) is 4.26. The first-order valence-corrected chi connectivity index (χ1v) is 12.2. The van der Waals surface area contributed by atoms with Crippen molar-refractivity contribution in [2.45, 2.75) is 44.6 Å². The number of aromatic nitrogens is 1. The number of carboxylic acid groups (broad SMARTS) is 2. The van der Waals surface area contributed by atoms with Crippen molar-refractivity contribution in [1.29, 1.82) is 5.41 Å². The largest absolute Gasteiger partial charge is 0.491 e. The van der Waals surface area contributed by atoms with E-state index in [9.17, 15) is 19.5 Å². The number of hydrogen-bond acceptors (Lipinski definition) is 7. The lowest BCUT2D eigenvalue weighted by atomic mass is 9.95. The first kappa shape index (κ1) is 27.4. The molecule has 0 aliphatic carbocycles. The number of amidine groups is 1. The summed E-state index contributed by atoms with van der Waals surface area (Å²) in [5.41, 5.74) is 7.70. The van der Waals surface area contributed by atoms with Gasteiger partial charge in [0.15, 0.2) is 0 Å². The summed E-state index contributed by atoms with van der Waals surface area (Å²) in [7, 11) is 0. The second kappa shape index (κ2) is 13.2. The highest BCUT2D eigenvalue weighted by Gasteiger charge is 2.27. The highest BCUT2D eigenvalue weighted by molar-refractivity contribution is 5.95. The predicted octanol–water partition coefficient (Wildman–Crippen LogP) is 2.03.